The van der Waals surface area contributed by atoms with Crippen LogP contribution in [0.1, 0.15) is 5.56 Å². The van der Waals surface area contributed by atoms with Crippen LogP contribution in [0.25, 0.3) is 0 Å². The molecule has 1 rings (SSSR count). The highest BCUT2D eigenvalue weighted by Gasteiger charge is 2.11. The highest BCUT2D eigenvalue weighted by atomic mass is 16.5. The van der Waals surface area contributed by atoms with Gasteiger partial charge in [0.1, 0.15) is 18.4 Å². The molecule has 1 atom stereocenters. The molecule has 0 aromatic heterocycles. The Morgan fingerprint density at radius 2 is 2.27 bits per heavy atom. The van der Waals surface area contributed by atoms with Crippen molar-refractivity contribution in [1.29, 1.82) is 0 Å². The van der Waals surface area contributed by atoms with Crippen LogP contribution in [-0.4, -0.2) is 23.7 Å². The minimum absolute atomic E-state index is 0.0522. The van der Waals surface area contributed by atoms with Crippen LogP contribution in [0.2, 0.25) is 0 Å². The average Bonchev–Trinajstić information content (AvgIpc) is 2.26. The summed E-state index contributed by atoms with van der Waals surface area (Å²) in [4.78, 5) is 10.4. The summed E-state index contributed by atoms with van der Waals surface area (Å²) in [5.74, 6) is -0.500. The minimum atomic E-state index is -1.08. The monoisotopic (exact) mass is 210 g/mol. The normalized spacial score (nSPS) is 12.1. The van der Waals surface area contributed by atoms with Gasteiger partial charge in [-0.05, 0) is 17.7 Å². The van der Waals surface area contributed by atoms with Crippen LogP contribution in [0.15, 0.2) is 24.3 Å². The molecular weight excluding hydrogens is 196 g/mol. The van der Waals surface area contributed by atoms with E-state index in [4.69, 9.17) is 21.3 Å². The SMILES string of the molecule is NCc1cccc(OCC(N)C(=O)O)c1. The van der Waals surface area contributed by atoms with Crippen molar-refractivity contribution in [3.63, 3.8) is 0 Å². The van der Waals surface area contributed by atoms with Crippen molar-refractivity contribution in [2.45, 2.75) is 12.6 Å². The average molecular weight is 210 g/mol. The lowest BCUT2D eigenvalue weighted by atomic mass is 10.2. The number of carboxylic acids is 1. The molecule has 0 saturated heterocycles. The number of hydrogen-bond acceptors (Lipinski definition) is 4. The van der Waals surface area contributed by atoms with Crippen LogP contribution in [0.5, 0.6) is 5.75 Å². The first-order valence-electron chi connectivity index (χ1n) is 4.53. The molecule has 1 aromatic rings. The molecule has 0 spiro atoms. The molecule has 0 amide bonds. The summed E-state index contributed by atoms with van der Waals surface area (Å²) in [7, 11) is 0. The molecule has 15 heavy (non-hydrogen) atoms. The van der Waals surface area contributed by atoms with Crippen molar-refractivity contribution in [3.05, 3.63) is 29.8 Å². The molecular formula is C10H14N2O3. The number of carboxylic acid groups (broad SMARTS) is 1. The Hall–Kier alpha value is -1.59. The summed E-state index contributed by atoms with van der Waals surface area (Å²) in [5.41, 5.74) is 11.7. The zero-order valence-corrected chi connectivity index (χ0v) is 8.22. The van der Waals surface area contributed by atoms with Gasteiger partial charge in [0, 0.05) is 6.54 Å². The van der Waals surface area contributed by atoms with E-state index in [2.05, 4.69) is 0 Å². The van der Waals surface area contributed by atoms with E-state index in [0.29, 0.717) is 12.3 Å². The second-order valence-corrected chi connectivity index (χ2v) is 3.11. The maximum atomic E-state index is 10.4. The lowest BCUT2D eigenvalue weighted by Gasteiger charge is -2.09. The van der Waals surface area contributed by atoms with E-state index in [1.54, 1.807) is 18.2 Å². The van der Waals surface area contributed by atoms with Gasteiger partial charge in [0.15, 0.2) is 0 Å². The topological polar surface area (TPSA) is 98.6 Å². The lowest BCUT2D eigenvalue weighted by molar-refractivity contribution is -0.139. The molecule has 5 nitrogen and oxygen atoms in total. The van der Waals surface area contributed by atoms with Crippen LogP contribution in [0.4, 0.5) is 0 Å². The number of hydrogen-bond donors (Lipinski definition) is 3. The second kappa shape index (κ2) is 5.33. The highest BCUT2D eigenvalue weighted by Crippen LogP contribution is 2.12. The summed E-state index contributed by atoms with van der Waals surface area (Å²) in [6.45, 7) is 0.367. The quantitative estimate of drug-likeness (QED) is 0.632. The van der Waals surface area contributed by atoms with Gasteiger partial charge in [0.25, 0.3) is 0 Å². The van der Waals surface area contributed by atoms with E-state index < -0.39 is 12.0 Å². The van der Waals surface area contributed by atoms with E-state index in [-0.39, 0.29) is 6.61 Å². The van der Waals surface area contributed by atoms with Gasteiger partial charge in [-0.2, -0.15) is 0 Å². The molecule has 5 N–H and O–H groups in total. The zero-order chi connectivity index (χ0) is 11.3. The summed E-state index contributed by atoms with van der Waals surface area (Å²) in [6, 6.07) is 6.14. The number of ether oxygens (including phenoxy) is 1. The van der Waals surface area contributed by atoms with Crippen LogP contribution in [-0.2, 0) is 11.3 Å². The van der Waals surface area contributed by atoms with E-state index in [1.807, 2.05) is 6.07 Å². The Balaban J connectivity index is 2.53. The van der Waals surface area contributed by atoms with E-state index >= 15 is 0 Å². The van der Waals surface area contributed by atoms with Gasteiger partial charge in [-0.25, -0.2) is 0 Å². The molecule has 1 unspecified atom stereocenters. The smallest absolute Gasteiger partial charge is 0.324 e. The number of rotatable bonds is 5. The van der Waals surface area contributed by atoms with Crippen LogP contribution >= 0.6 is 0 Å². The Kier molecular flexibility index (Phi) is 4.08. The molecule has 0 fully saturated rings. The van der Waals surface area contributed by atoms with Gasteiger partial charge in [-0.3, -0.25) is 4.79 Å². The van der Waals surface area contributed by atoms with Gasteiger partial charge in [0.2, 0.25) is 0 Å². The number of carbonyl (C=O) groups is 1. The maximum absolute atomic E-state index is 10.4. The van der Waals surface area contributed by atoms with Crippen LogP contribution < -0.4 is 16.2 Å². The van der Waals surface area contributed by atoms with Gasteiger partial charge in [-0.1, -0.05) is 12.1 Å². The highest BCUT2D eigenvalue weighted by molar-refractivity contribution is 5.73. The molecule has 0 bridgehead atoms. The Morgan fingerprint density at radius 1 is 1.53 bits per heavy atom. The predicted octanol–water partition coefficient (Wildman–Crippen LogP) is -0.0640. The fourth-order valence-electron chi connectivity index (χ4n) is 1.02. The third-order valence-electron chi connectivity index (χ3n) is 1.88. The first kappa shape index (κ1) is 11.5. The Labute approximate surface area is 87.6 Å². The standard InChI is InChI=1S/C10H14N2O3/c11-5-7-2-1-3-8(4-7)15-6-9(12)10(13)14/h1-4,9H,5-6,11-12H2,(H,13,14). The van der Waals surface area contributed by atoms with E-state index in [0.717, 1.165) is 5.56 Å². The van der Waals surface area contributed by atoms with Gasteiger partial charge in [0.05, 0.1) is 0 Å². The third-order valence-corrected chi connectivity index (χ3v) is 1.88. The summed E-state index contributed by atoms with van der Waals surface area (Å²) >= 11 is 0. The minimum Gasteiger partial charge on any atom is -0.491 e. The molecule has 1 aromatic carbocycles. The van der Waals surface area contributed by atoms with Crippen LogP contribution in [0, 0.1) is 0 Å². The molecule has 0 saturated carbocycles. The second-order valence-electron chi connectivity index (χ2n) is 3.11. The molecule has 82 valence electrons. The third kappa shape index (κ3) is 3.57. The summed E-state index contributed by atoms with van der Waals surface area (Å²) < 4.78 is 5.21. The fourth-order valence-corrected chi connectivity index (χ4v) is 1.02. The molecule has 0 heterocycles. The maximum Gasteiger partial charge on any atom is 0.324 e. The molecule has 5 heteroatoms. The summed E-state index contributed by atoms with van der Waals surface area (Å²) in [6.07, 6.45) is 0. The lowest BCUT2D eigenvalue weighted by Crippen LogP contribution is -2.36. The molecule has 0 aliphatic heterocycles. The van der Waals surface area contributed by atoms with Crippen molar-refractivity contribution < 1.29 is 14.6 Å². The van der Waals surface area contributed by atoms with Gasteiger partial charge >= 0.3 is 5.97 Å². The molecule has 0 aliphatic carbocycles. The van der Waals surface area contributed by atoms with Crippen molar-refractivity contribution in [3.8, 4) is 5.75 Å². The van der Waals surface area contributed by atoms with Gasteiger partial charge in [-0.15, -0.1) is 0 Å². The number of benzene rings is 1. The predicted molar refractivity (Wildman–Crippen MR) is 55.4 cm³/mol. The first-order valence-corrected chi connectivity index (χ1v) is 4.53. The van der Waals surface area contributed by atoms with Crippen LogP contribution in [0.3, 0.4) is 0 Å². The Morgan fingerprint density at radius 3 is 2.87 bits per heavy atom. The Bertz CT molecular complexity index is 341. The zero-order valence-electron chi connectivity index (χ0n) is 8.22. The van der Waals surface area contributed by atoms with Crippen molar-refractivity contribution in [2.75, 3.05) is 6.61 Å². The summed E-state index contributed by atoms with van der Waals surface area (Å²) in [5, 5.41) is 8.54. The molecule has 0 aliphatic rings. The van der Waals surface area contributed by atoms with Crippen molar-refractivity contribution in [2.24, 2.45) is 11.5 Å². The van der Waals surface area contributed by atoms with Crippen molar-refractivity contribution >= 4 is 5.97 Å². The van der Waals surface area contributed by atoms with Gasteiger partial charge < -0.3 is 21.3 Å². The fraction of sp³-hybridized carbons (Fsp3) is 0.300. The van der Waals surface area contributed by atoms with E-state index in [9.17, 15) is 4.79 Å². The first-order chi connectivity index (χ1) is 7.13. The largest absolute Gasteiger partial charge is 0.491 e. The number of nitrogens with two attached hydrogens (primary N) is 2. The van der Waals surface area contributed by atoms with Crippen molar-refractivity contribution in [1.82, 2.24) is 0 Å². The number of aliphatic carboxylic acids is 1. The van der Waals surface area contributed by atoms with E-state index in [1.165, 1.54) is 0 Å². The molecule has 0 radical (unpaired) electrons.